The molecule has 124 valence electrons. The van der Waals surface area contributed by atoms with Crippen molar-refractivity contribution >= 4 is 17.1 Å². The second-order valence-corrected chi connectivity index (χ2v) is 5.79. The highest BCUT2D eigenvalue weighted by molar-refractivity contribution is 5.93. The van der Waals surface area contributed by atoms with Gasteiger partial charge in [0.25, 0.3) is 0 Å². The number of halogens is 3. The summed E-state index contributed by atoms with van der Waals surface area (Å²) in [6.45, 7) is 0. The van der Waals surface area contributed by atoms with Gasteiger partial charge in [0.1, 0.15) is 5.69 Å². The first kappa shape index (κ1) is 14.2. The maximum atomic E-state index is 13.2. The molecule has 2 heterocycles. The van der Waals surface area contributed by atoms with Crippen molar-refractivity contribution in [3.05, 3.63) is 66.2 Å². The highest BCUT2D eigenvalue weighted by Crippen LogP contribution is 2.59. The molecule has 0 unspecified atom stereocenters. The fourth-order valence-electron chi connectivity index (χ4n) is 3.18. The van der Waals surface area contributed by atoms with E-state index in [9.17, 15) is 13.2 Å². The molecule has 0 fully saturated rings. The van der Waals surface area contributed by atoms with Crippen LogP contribution in [0.15, 0.2) is 60.7 Å². The third-order valence-corrected chi connectivity index (χ3v) is 4.26. The van der Waals surface area contributed by atoms with Crippen molar-refractivity contribution in [3.63, 3.8) is 0 Å². The van der Waals surface area contributed by atoms with Crippen LogP contribution < -0.4 is 14.4 Å². The van der Waals surface area contributed by atoms with E-state index in [1.54, 1.807) is 29.2 Å². The summed E-state index contributed by atoms with van der Waals surface area (Å²) in [6, 6.07) is 16.0. The minimum absolute atomic E-state index is 0.338. The first-order valence-electron chi connectivity index (χ1n) is 7.61. The number of nitrogens with zero attached hydrogens (tertiary/aromatic N) is 1. The van der Waals surface area contributed by atoms with E-state index < -0.39 is 11.7 Å². The minimum atomic E-state index is -4.43. The molecule has 2 aliphatic heterocycles. The fourth-order valence-corrected chi connectivity index (χ4v) is 3.18. The maximum Gasteiger partial charge on any atom is 0.416 e. The number of ether oxygens (including phenoxy) is 2. The van der Waals surface area contributed by atoms with Crippen molar-refractivity contribution in [2.45, 2.75) is 6.18 Å². The van der Waals surface area contributed by atoms with E-state index in [1.165, 1.54) is 6.07 Å². The third-order valence-electron chi connectivity index (χ3n) is 4.26. The Labute approximate surface area is 140 Å². The second-order valence-electron chi connectivity index (χ2n) is 5.79. The highest BCUT2D eigenvalue weighted by Gasteiger charge is 2.37. The van der Waals surface area contributed by atoms with Crippen molar-refractivity contribution in [1.82, 2.24) is 0 Å². The van der Waals surface area contributed by atoms with Crippen LogP contribution in [-0.4, -0.2) is 0 Å². The molecule has 0 saturated carbocycles. The Morgan fingerprint density at radius 2 is 1.32 bits per heavy atom. The van der Waals surface area contributed by atoms with E-state index in [1.807, 2.05) is 18.2 Å². The molecule has 3 aromatic carbocycles. The molecular formula is C19H10F3NO2. The second kappa shape index (κ2) is 4.69. The number of hydrogen-bond acceptors (Lipinski definition) is 3. The average molecular weight is 341 g/mol. The summed E-state index contributed by atoms with van der Waals surface area (Å²) >= 11 is 0. The smallest absolute Gasteiger partial charge is 0.416 e. The average Bonchev–Trinajstić information content (AvgIpc) is 2.60. The van der Waals surface area contributed by atoms with Crippen molar-refractivity contribution in [2.75, 3.05) is 4.90 Å². The lowest BCUT2D eigenvalue weighted by molar-refractivity contribution is -0.137. The van der Waals surface area contributed by atoms with E-state index in [0.29, 0.717) is 40.1 Å². The summed E-state index contributed by atoms with van der Waals surface area (Å²) in [5, 5.41) is 0. The van der Waals surface area contributed by atoms with Gasteiger partial charge in [-0.05, 0) is 42.5 Å². The van der Waals surface area contributed by atoms with Crippen molar-refractivity contribution in [1.29, 1.82) is 0 Å². The summed E-state index contributed by atoms with van der Waals surface area (Å²) in [6.07, 6.45) is -4.43. The van der Waals surface area contributed by atoms with Crippen molar-refractivity contribution in [2.24, 2.45) is 0 Å². The zero-order valence-electron chi connectivity index (χ0n) is 12.7. The zero-order valence-corrected chi connectivity index (χ0v) is 12.7. The molecule has 6 heteroatoms. The van der Waals surface area contributed by atoms with Gasteiger partial charge < -0.3 is 9.47 Å². The van der Waals surface area contributed by atoms with Gasteiger partial charge in [0.05, 0.1) is 16.9 Å². The molecule has 0 radical (unpaired) electrons. The first-order chi connectivity index (χ1) is 12.0. The normalized spacial score (nSPS) is 14.0. The monoisotopic (exact) mass is 341 g/mol. The highest BCUT2D eigenvalue weighted by atomic mass is 19.4. The lowest BCUT2D eigenvalue weighted by Crippen LogP contribution is -2.21. The molecule has 2 aliphatic rings. The van der Waals surface area contributed by atoms with Gasteiger partial charge in [-0.15, -0.1) is 0 Å². The van der Waals surface area contributed by atoms with Crippen LogP contribution in [0, 0.1) is 0 Å². The molecule has 0 aliphatic carbocycles. The number of anilines is 3. The fraction of sp³-hybridized carbons (Fsp3) is 0.0526. The van der Waals surface area contributed by atoms with Gasteiger partial charge in [-0.25, -0.2) is 0 Å². The lowest BCUT2D eigenvalue weighted by Gasteiger charge is -2.37. The SMILES string of the molecule is FC(F)(F)c1ccc2c(c1)N1c3ccccc3Oc3cccc(c31)O2. The van der Waals surface area contributed by atoms with Crippen LogP contribution in [0.2, 0.25) is 0 Å². The van der Waals surface area contributed by atoms with Gasteiger partial charge in [0.15, 0.2) is 23.0 Å². The van der Waals surface area contributed by atoms with E-state index in [-0.39, 0.29) is 0 Å². The van der Waals surface area contributed by atoms with Gasteiger partial charge >= 0.3 is 6.18 Å². The Bertz CT molecular complexity index is 1000. The molecular weight excluding hydrogens is 331 g/mol. The topological polar surface area (TPSA) is 21.7 Å². The Balaban J connectivity index is 1.81. The Hall–Kier alpha value is -3.15. The van der Waals surface area contributed by atoms with Crippen LogP contribution in [0.4, 0.5) is 30.2 Å². The van der Waals surface area contributed by atoms with E-state index >= 15 is 0 Å². The quantitative estimate of drug-likeness (QED) is 0.326. The van der Waals surface area contributed by atoms with E-state index in [0.717, 1.165) is 12.1 Å². The predicted octanol–water partition coefficient (Wildman–Crippen LogP) is 6.39. The molecule has 0 aromatic heterocycles. The number of para-hydroxylation sites is 3. The summed E-state index contributed by atoms with van der Waals surface area (Å²) in [5.41, 5.74) is 0.893. The Morgan fingerprint density at radius 1 is 0.680 bits per heavy atom. The summed E-state index contributed by atoms with van der Waals surface area (Å²) in [5.74, 6) is 2.03. The van der Waals surface area contributed by atoms with Crippen LogP contribution in [0.1, 0.15) is 5.56 Å². The minimum Gasteiger partial charge on any atom is -0.453 e. The maximum absolute atomic E-state index is 13.2. The van der Waals surface area contributed by atoms with Gasteiger partial charge in [-0.3, -0.25) is 4.90 Å². The lowest BCUT2D eigenvalue weighted by atomic mass is 10.1. The molecule has 0 bridgehead atoms. The van der Waals surface area contributed by atoms with Crippen molar-refractivity contribution in [3.8, 4) is 23.0 Å². The largest absolute Gasteiger partial charge is 0.453 e. The predicted molar refractivity (Wildman–Crippen MR) is 86.3 cm³/mol. The molecule has 0 amide bonds. The van der Waals surface area contributed by atoms with E-state index in [4.69, 9.17) is 9.47 Å². The van der Waals surface area contributed by atoms with Crippen LogP contribution in [0.25, 0.3) is 0 Å². The number of alkyl halides is 3. The number of benzene rings is 3. The van der Waals surface area contributed by atoms with Crippen LogP contribution >= 0.6 is 0 Å². The van der Waals surface area contributed by atoms with Gasteiger partial charge in [-0.2, -0.15) is 13.2 Å². The van der Waals surface area contributed by atoms with Crippen LogP contribution in [-0.2, 0) is 6.18 Å². The molecule has 5 rings (SSSR count). The summed E-state index contributed by atoms with van der Waals surface area (Å²) in [4.78, 5) is 1.76. The molecule has 3 nitrogen and oxygen atoms in total. The number of hydrogen-bond donors (Lipinski definition) is 0. The number of fused-ring (bicyclic) bond motifs is 4. The van der Waals surface area contributed by atoms with Gasteiger partial charge in [0.2, 0.25) is 0 Å². The summed E-state index contributed by atoms with van der Waals surface area (Å²) in [7, 11) is 0. The molecule has 0 N–H and O–H groups in total. The molecule has 0 saturated heterocycles. The van der Waals surface area contributed by atoms with Crippen LogP contribution in [0.3, 0.4) is 0 Å². The number of rotatable bonds is 0. The Morgan fingerprint density at radius 3 is 2.04 bits per heavy atom. The Kier molecular flexibility index (Phi) is 2.67. The zero-order chi connectivity index (χ0) is 17.2. The van der Waals surface area contributed by atoms with Gasteiger partial charge in [0, 0.05) is 0 Å². The van der Waals surface area contributed by atoms with Crippen LogP contribution in [0.5, 0.6) is 23.0 Å². The first-order valence-corrected chi connectivity index (χ1v) is 7.61. The third kappa shape index (κ3) is 2.00. The van der Waals surface area contributed by atoms with Gasteiger partial charge in [-0.1, -0.05) is 18.2 Å². The summed E-state index contributed by atoms with van der Waals surface area (Å²) < 4.78 is 51.3. The molecule has 0 atom stereocenters. The molecule has 3 aromatic rings. The van der Waals surface area contributed by atoms with E-state index in [2.05, 4.69) is 0 Å². The molecule has 0 spiro atoms. The standard InChI is InChI=1S/C19H10F3NO2/c20-19(21,22)11-8-9-15-13(10-11)23-12-4-1-2-5-14(12)24-16-6-3-7-17(25-15)18(16)23/h1-10H. The van der Waals surface area contributed by atoms with Crippen molar-refractivity contribution < 1.29 is 22.6 Å². The molecule has 25 heavy (non-hydrogen) atoms.